The van der Waals surface area contributed by atoms with Crippen molar-refractivity contribution in [1.82, 2.24) is 0 Å². The molecule has 0 spiro atoms. The molecule has 0 bridgehead atoms. The predicted molar refractivity (Wildman–Crippen MR) is 117 cm³/mol. The van der Waals surface area contributed by atoms with Crippen molar-refractivity contribution in [2.24, 2.45) is 52.3 Å². The van der Waals surface area contributed by atoms with E-state index < -0.39 is 0 Å². The first-order valence-electron chi connectivity index (χ1n) is 13.0. The van der Waals surface area contributed by atoms with Crippen LogP contribution in [0.3, 0.4) is 0 Å². The van der Waals surface area contributed by atoms with Crippen LogP contribution in [0, 0.1) is 52.3 Å². The van der Waals surface area contributed by atoms with Crippen molar-refractivity contribution in [2.75, 3.05) is 0 Å². The number of ether oxygens (including phenoxy) is 1. The second-order valence-corrected chi connectivity index (χ2v) is 12.8. The van der Waals surface area contributed by atoms with Gasteiger partial charge in [-0.3, -0.25) is 0 Å². The maximum Gasteiger partial charge on any atom is 0.0847 e. The topological polar surface area (TPSA) is 12.5 Å². The Balaban J connectivity index is 1.30. The van der Waals surface area contributed by atoms with Crippen LogP contribution in [0.25, 0.3) is 0 Å². The summed E-state index contributed by atoms with van der Waals surface area (Å²) in [5, 5.41) is 0. The highest BCUT2D eigenvalue weighted by molar-refractivity contribution is 5.12. The number of hydrogen-bond acceptors (Lipinski definition) is 1. The molecule has 1 nitrogen and oxygen atoms in total. The third kappa shape index (κ3) is 3.04. The molecule has 1 heteroatoms. The van der Waals surface area contributed by atoms with Gasteiger partial charge < -0.3 is 4.74 Å². The Kier molecular flexibility index (Phi) is 4.97. The zero-order chi connectivity index (χ0) is 19.7. The summed E-state index contributed by atoms with van der Waals surface area (Å²) in [6, 6.07) is 0. The average Bonchev–Trinajstić information content (AvgIpc) is 3.27. The number of hydrogen-bond donors (Lipinski definition) is 0. The van der Waals surface area contributed by atoms with E-state index >= 15 is 0 Å². The molecule has 4 aliphatic carbocycles. The molecule has 1 saturated heterocycles. The minimum absolute atomic E-state index is 0.600. The molecular formula is C27H46O. The van der Waals surface area contributed by atoms with Crippen LogP contribution in [0.4, 0.5) is 0 Å². The maximum atomic E-state index is 6.02. The fraction of sp³-hybridized carbons (Fsp3) is 1.00. The van der Waals surface area contributed by atoms with Gasteiger partial charge in [-0.05, 0) is 104 Å². The number of fused-ring (bicyclic) bond motifs is 6. The van der Waals surface area contributed by atoms with E-state index in [4.69, 9.17) is 4.74 Å². The van der Waals surface area contributed by atoms with Gasteiger partial charge in [-0.1, -0.05) is 53.9 Å². The summed E-state index contributed by atoms with van der Waals surface area (Å²) in [7, 11) is 0. The standard InChI is InChI=1S/C27H46O/c1-17(2)7-6-8-18(3)21-11-12-22-20-10-9-19-15-24-25(28-24)16-27(19,5)23(20)13-14-26(21,22)4/h17-25H,6-16H2,1-5H3/t18-,19?,20+,21-,22+,23+,24?,25?,26-,27+/m1/s1. The molecule has 1 aliphatic heterocycles. The van der Waals surface area contributed by atoms with Crippen molar-refractivity contribution in [3.63, 3.8) is 0 Å². The zero-order valence-electron chi connectivity index (χ0n) is 19.4. The minimum atomic E-state index is 0.600. The van der Waals surface area contributed by atoms with Gasteiger partial charge in [-0.2, -0.15) is 0 Å². The predicted octanol–water partition coefficient (Wildman–Crippen LogP) is 7.49. The molecule has 0 aromatic rings. The third-order valence-electron chi connectivity index (χ3n) is 11.1. The van der Waals surface area contributed by atoms with E-state index in [1.54, 1.807) is 6.42 Å². The van der Waals surface area contributed by atoms with Gasteiger partial charge in [0.05, 0.1) is 12.2 Å². The van der Waals surface area contributed by atoms with E-state index in [0.717, 1.165) is 41.4 Å². The molecule has 0 aromatic heterocycles. The Morgan fingerprint density at radius 3 is 2.43 bits per heavy atom. The Morgan fingerprint density at radius 1 is 0.857 bits per heavy atom. The molecule has 1 heterocycles. The molecule has 0 radical (unpaired) electrons. The maximum absolute atomic E-state index is 6.02. The van der Waals surface area contributed by atoms with Crippen LogP contribution in [-0.4, -0.2) is 12.2 Å². The van der Waals surface area contributed by atoms with Crippen LogP contribution < -0.4 is 0 Å². The SMILES string of the molecule is CC(C)CCC[C@@H](C)[C@H]1CC[C@H]2[C@@H]3CCC4CC5OC5C[C@]4(C)[C@H]3CC[C@]12C. The molecule has 160 valence electrons. The Labute approximate surface area is 174 Å². The first-order chi connectivity index (χ1) is 13.3. The summed E-state index contributed by atoms with van der Waals surface area (Å²) < 4.78 is 6.02. The zero-order valence-corrected chi connectivity index (χ0v) is 19.4. The van der Waals surface area contributed by atoms with Gasteiger partial charge in [0.2, 0.25) is 0 Å². The van der Waals surface area contributed by atoms with Crippen molar-refractivity contribution in [3.05, 3.63) is 0 Å². The minimum Gasteiger partial charge on any atom is -0.370 e. The van der Waals surface area contributed by atoms with E-state index in [-0.39, 0.29) is 0 Å². The van der Waals surface area contributed by atoms with Crippen LogP contribution in [0.2, 0.25) is 0 Å². The van der Waals surface area contributed by atoms with E-state index in [9.17, 15) is 0 Å². The monoisotopic (exact) mass is 386 g/mol. The molecular weight excluding hydrogens is 340 g/mol. The van der Waals surface area contributed by atoms with E-state index in [0.29, 0.717) is 23.0 Å². The molecule has 28 heavy (non-hydrogen) atoms. The lowest BCUT2D eigenvalue weighted by Crippen LogP contribution is -2.54. The first-order valence-corrected chi connectivity index (χ1v) is 13.0. The van der Waals surface area contributed by atoms with Gasteiger partial charge in [0.15, 0.2) is 0 Å². The van der Waals surface area contributed by atoms with Crippen molar-refractivity contribution in [1.29, 1.82) is 0 Å². The third-order valence-corrected chi connectivity index (χ3v) is 11.1. The van der Waals surface area contributed by atoms with Gasteiger partial charge in [-0.25, -0.2) is 0 Å². The molecule has 5 fully saturated rings. The molecule has 5 rings (SSSR count). The summed E-state index contributed by atoms with van der Waals surface area (Å²) in [6.45, 7) is 12.8. The average molecular weight is 387 g/mol. The molecule has 0 amide bonds. The highest BCUT2D eigenvalue weighted by Gasteiger charge is 2.63. The van der Waals surface area contributed by atoms with Crippen LogP contribution in [0.1, 0.15) is 105 Å². The quantitative estimate of drug-likeness (QED) is 0.446. The summed E-state index contributed by atoms with van der Waals surface area (Å²) in [5.74, 6) is 6.84. The fourth-order valence-electron chi connectivity index (χ4n) is 9.54. The van der Waals surface area contributed by atoms with Gasteiger partial charge in [0.25, 0.3) is 0 Å². The van der Waals surface area contributed by atoms with E-state index in [1.165, 1.54) is 64.2 Å². The largest absolute Gasteiger partial charge is 0.370 e. The summed E-state index contributed by atoms with van der Waals surface area (Å²) >= 11 is 0. The van der Waals surface area contributed by atoms with Gasteiger partial charge in [-0.15, -0.1) is 0 Å². The van der Waals surface area contributed by atoms with Crippen molar-refractivity contribution >= 4 is 0 Å². The second kappa shape index (κ2) is 7.00. The summed E-state index contributed by atoms with van der Waals surface area (Å²) in [4.78, 5) is 0. The molecule has 10 atom stereocenters. The van der Waals surface area contributed by atoms with Gasteiger partial charge >= 0.3 is 0 Å². The molecule has 4 saturated carbocycles. The second-order valence-electron chi connectivity index (χ2n) is 12.8. The van der Waals surface area contributed by atoms with Crippen molar-refractivity contribution < 1.29 is 4.74 Å². The van der Waals surface area contributed by atoms with Crippen LogP contribution in [-0.2, 0) is 4.74 Å². The van der Waals surface area contributed by atoms with Crippen molar-refractivity contribution in [2.45, 2.75) is 117 Å². The van der Waals surface area contributed by atoms with Crippen molar-refractivity contribution in [3.8, 4) is 0 Å². The number of rotatable bonds is 5. The highest BCUT2D eigenvalue weighted by Crippen LogP contribution is 2.69. The smallest absolute Gasteiger partial charge is 0.0847 e. The van der Waals surface area contributed by atoms with E-state index in [1.807, 2.05) is 0 Å². The van der Waals surface area contributed by atoms with Crippen LogP contribution in [0.15, 0.2) is 0 Å². The Hall–Kier alpha value is -0.0400. The lowest BCUT2D eigenvalue weighted by atomic mass is 9.44. The number of epoxide rings is 1. The van der Waals surface area contributed by atoms with Gasteiger partial charge in [0.1, 0.15) is 0 Å². The summed E-state index contributed by atoms with van der Waals surface area (Å²) in [5.41, 5.74) is 1.25. The highest BCUT2D eigenvalue weighted by atomic mass is 16.6. The molecule has 5 aliphatic rings. The van der Waals surface area contributed by atoms with Gasteiger partial charge in [0, 0.05) is 0 Å². The summed E-state index contributed by atoms with van der Waals surface area (Å²) in [6.07, 6.45) is 17.6. The Bertz CT molecular complexity index is 583. The normalized spacial score (nSPS) is 53.1. The Morgan fingerprint density at radius 2 is 1.64 bits per heavy atom. The first kappa shape index (κ1) is 19.9. The van der Waals surface area contributed by atoms with Crippen LogP contribution >= 0.6 is 0 Å². The molecule has 0 aromatic carbocycles. The molecule has 3 unspecified atom stereocenters. The van der Waals surface area contributed by atoms with E-state index in [2.05, 4.69) is 34.6 Å². The fourth-order valence-corrected chi connectivity index (χ4v) is 9.54. The lowest BCUT2D eigenvalue weighted by molar-refractivity contribution is -0.110. The molecule has 0 N–H and O–H groups in total. The van der Waals surface area contributed by atoms with Crippen LogP contribution in [0.5, 0.6) is 0 Å². The lowest BCUT2D eigenvalue weighted by Gasteiger charge is -2.60.